The third-order valence-electron chi connectivity index (χ3n) is 2.11. The minimum Gasteiger partial charge on any atom is -0.338 e. The minimum absolute atomic E-state index is 0.00233. The normalized spacial score (nSPS) is 9.82. The second-order valence-electron chi connectivity index (χ2n) is 3.78. The molecular formula is C10H16N4O2S. The Morgan fingerprint density at radius 2 is 2.12 bits per heavy atom. The molecule has 6 nitrogen and oxygen atoms in total. The van der Waals surface area contributed by atoms with Gasteiger partial charge in [-0.15, -0.1) is 11.3 Å². The van der Waals surface area contributed by atoms with Gasteiger partial charge in [-0.05, 0) is 0 Å². The number of likely N-dealkylation sites (N-methyl/N-ethyl adjacent to an activating group) is 1. The lowest BCUT2D eigenvalue weighted by atomic mass is 10.4. The van der Waals surface area contributed by atoms with Crippen LogP contribution in [0.2, 0.25) is 0 Å². The van der Waals surface area contributed by atoms with Crippen LogP contribution in [0.4, 0.5) is 4.79 Å². The molecule has 0 atom stereocenters. The summed E-state index contributed by atoms with van der Waals surface area (Å²) in [5.41, 5.74) is 2.58. The van der Waals surface area contributed by atoms with Crippen LogP contribution in [-0.4, -0.2) is 54.4 Å². The van der Waals surface area contributed by atoms with Gasteiger partial charge in [-0.1, -0.05) is 0 Å². The maximum Gasteiger partial charge on any atom is 0.317 e. The predicted molar refractivity (Wildman–Crippen MR) is 65.7 cm³/mol. The fourth-order valence-electron chi connectivity index (χ4n) is 1.09. The van der Waals surface area contributed by atoms with Crippen LogP contribution in [-0.2, 0) is 11.3 Å². The summed E-state index contributed by atoms with van der Waals surface area (Å²) >= 11 is 1.49. The van der Waals surface area contributed by atoms with Crippen molar-refractivity contribution >= 4 is 23.3 Å². The van der Waals surface area contributed by atoms with Gasteiger partial charge in [0.15, 0.2) is 0 Å². The van der Waals surface area contributed by atoms with Crippen LogP contribution in [0, 0.1) is 0 Å². The largest absolute Gasteiger partial charge is 0.338 e. The molecule has 7 heteroatoms. The van der Waals surface area contributed by atoms with Gasteiger partial charge in [0.2, 0.25) is 5.91 Å². The van der Waals surface area contributed by atoms with E-state index in [9.17, 15) is 9.59 Å². The van der Waals surface area contributed by atoms with E-state index < -0.39 is 0 Å². The van der Waals surface area contributed by atoms with Gasteiger partial charge in [0.1, 0.15) is 0 Å². The Balaban J connectivity index is 2.35. The summed E-state index contributed by atoms with van der Waals surface area (Å²) < 4.78 is 0. The van der Waals surface area contributed by atoms with Crippen molar-refractivity contribution in [2.45, 2.75) is 6.54 Å². The van der Waals surface area contributed by atoms with Gasteiger partial charge >= 0.3 is 6.03 Å². The average molecular weight is 256 g/mol. The molecule has 1 N–H and O–H groups in total. The molecule has 0 saturated carbocycles. The molecule has 0 aliphatic carbocycles. The van der Waals surface area contributed by atoms with Crippen LogP contribution in [0.5, 0.6) is 0 Å². The van der Waals surface area contributed by atoms with E-state index in [1.165, 1.54) is 21.1 Å². The molecule has 0 aliphatic rings. The maximum absolute atomic E-state index is 11.7. The number of rotatable bonds is 4. The molecule has 1 rings (SSSR count). The Labute approximate surface area is 104 Å². The summed E-state index contributed by atoms with van der Waals surface area (Å²) in [6.45, 7) is 0.456. The highest BCUT2D eigenvalue weighted by Crippen LogP contribution is 2.03. The van der Waals surface area contributed by atoms with Crippen LogP contribution < -0.4 is 5.32 Å². The molecule has 0 saturated heterocycles. The number of carbonyl (C=O) groups is 2. The molecule has 1 aromatic rings. The van der Waals surface area contributed by atoms with E-state index in [4.69, 9.17) is 0 Å². The van der Waals surface area contributed by atoms with Crippen molar-refractivity contribution in [3.05, 3.63) is 16.6 Å². The Bertz CT molecular complexity index is 378. The van der Waals surface area contributed by atoms with Crippen molar-refractivity contribution in [2.24, 2.45) is 0 Å². The second kappa shape index (κ2) is 6.19. The first-order valence-electron chi connectivity index (χ1n) is 5.07. The topological polar surface area (TPSA) is 65.5 Å². The minimum atomic E-state index is -0.277. The van der Waals surface area contributed by atoms with E-state index in [-0.39, 0.29) is 18.5 Å². The van der Waals surface area contributed by atoms with Crippen LogP contribution in [0.1, 0.15) is 5.69 Å². The fourth-order valence-corrected chi connectivity index (χ4v) is 1.64. The van der Waals surface area contributed by atoms with Crippen LogP contribution in [0.15, 0.2) is 10.9 Å². The number of carbonyl (C=O) groups excluding carboxylic acids is 2. The Morgan fingerprint density at radius 1 is 1.41 bits per heavy atom. The maximum atomic E-state index is 11.7. The number of hydrogen-bond donors (Lipinski definition) is 1. The summed E-state index contributed by atoms with van der Waals surface area (Å²) in [6.07, 6.45) is 0. The zero-order valence-corrected chi connectivity index (χ0v) is 11.0. The molecule has 3 amide bonds. The molecule has 94 valence electrons. The summed E-state index contributed by atoms with van der Waals surface area (Å²) in [7, 11) is 4.93. The lowest BCUT2D eigenvalue weighted by molar-refractivity contribution is -0.129. The quantitative estimate of drug-likeness (QED) is 0.846. The van der Waals surface area contributed by atoms with Crippen LogP contribution in [0.25, 0.3) is 0 Å². The first-order chi connectivity index (χ1) is 8.00. The average Bonchev–Trinajstić information content (AvgIpc) is 2.77. The van der Waals surface area contributed by atoms with E-state index >= 15 is 0 Å². The molecule has 0 fully saturated rings. The van der Waals surface area contributed by atoms with E-state index in [0.717, 1.165) is 5.69 Å². The van der Waals surface area contributed by atoms with Crippen molar-refractivity contribution < 1.29 is 9.59 Å². The zero-order valence-electron chi connectivity index (χ0n) is 10.1. The SMILES string of the molecule is CN(C)C(=O)NCC(=O)N(C)Cc1cscn1. The molecule has 0 unspecified atom stereocenters. The summed E-state index contributed by atoms with van der Waals surface area (Å²) in [5.74, 6) is -0.145. The first kappa shape index (κ1) is 13.4. The third kappa shape index (κ3) is 4.39. The summed E-state index contributed by atoms with van der Waals surface area (Å²) in [5, 5.41) is 4.41. The number of nitrogens with zero attached hydrogens (tertiary/aromatic N) is 3. The standard InChI is InChI=1S/C10H16N4O2S/c1-13(2)10(16)11-4-9(15)14(3)5-8-6-17-7-12-8/h6-7H,4-5H2,1-3H3,(H,11,16). The van der Waals surface area contributed by atoms with Crippen LogP contribution in [0.3, 0.4) is 0 Å². The summed E-state index contributed by atoms with van der Waals surface area (Å²) in [6, 6.07) is -0.277. The van der Waals surface area contributed by atoms with Gasteiger partial charge in [0, 0.05) is 26.5 Å². The zero-order chi connectivity index (χ0) is 12.8. The van der Waals surface area contributed by atoms with Gasteiger partial charge in [0.25, 0.3) is 0 Å². The molecule has 0 aromatic carbocycles. The van der Waals surface area contributed by atoms with Crippen LogP contribution >= 0.6 is 11.3 Å². The van der Waals surface area contributed by atoms with Crippen molar-refractivity contribution in [3.8, 4) is 0 Å². The number of hydrogen-bond acceptors (Lipinski definition) is 4. The number of nitrogens with one attached hydrogen (secondary N) is 1. The second-order valence-corrected chi connectivity index (χ2v) is 4.50. The Hall–Kier alpha value is -1.63. The van der Waals surface area contributed by atoms with E-state index in [2.05, 4.69) is 10.3 Å². The molecule has 1 aromatic heterocycles. The molecule has 0 spiro atoms. The molecular weight excluding hydrogens is 240 g/mol. The first-order valence-corrected chi connectivity index (χ1v) is 6.01. The highest BCUT2D eigenvalue weighted by atomic mass is 32.1. The van der Waals surface area contributed by atoms with Crippen molar-refractivity contribution in [1.82, 2.24) is 20.1 Å². The molecule has 0 aliphatic heterocycles. The van der Waals surface area contributed by atoms with Crippen molar-refractivity contribution in [2.75, 3.05) is 27.7 Å². The van der Waals surface area contributed by atoms with E-state index in [1.54, 1.807) is 26.7 Å². The fraction of sp³-hybridized carbons (Fsp3) is 0.500. The monoisotopic (exact) mass is 256 g/mol. The van der Waals surface area contributed by atoms with Gasteiger partial charge in [-0.25, -0.2) is 9.78 Å². The summed E-state index contributed by atoms with van der Waals surface area (Å²) in [4.78, 5) is 29.9. The molecule has 17 heavy (non-hydrogen) atoms. The highest BCUT2D eigenvalue weighted by molar-refractivity contribution is 7.07. The third-order valence-corrected chi connectivity index (χ3v) is 2.74. The Kier molecular flexibility index (Phi) is 4.89. The van der Waals surface area contributed by atoms with Gasteiger partial charge in [-0.2, -0.15) is 0 Å². The number of thiazole rings is 1. The number of urea groups is 1. The van der Waals surface area contributed by atoms with Crippen molar-refractivity contribution in [3.63, 3.8) is 0 Å². The number of amides is 3. The van der Waals surface area contributed by atoms with Crippen molar-refractivity contribution in [1.29, 1.82) is 0 Å². The lowest BCUT2D eigenvalue weighted by Crippen LogP contribution is -2.41. The molecule has 0 bridgehead atoms. The van der Waals surface area contributed by atoms with E-state index in [1.807, 2.05) is 5.38 Å². The number of aromatic nitrogens is 1. The Morgan fingerprint density at radius 3 is 2.65 bits per heavy atom. The van der Waals surface area contributed by atoms with Gasteiger partial charge in [-0.3, -0.25) is 4.79 Å². The van der Waals surface area contributed by atoms with E-state index in [0.29, 0.717) is 6.54 Å². The lowest BCUT2D eigenvalue weighted by Gasteiger charge is -2.17. The molecule has 0 radical (unpaired) electrons. The van der Waals surface area contributed by atoms with Gasteiger partial charge < -0.3 is 15.1 Å². The molecule has 1 heterocycles. The smallest absolute Gasteiger partial charge is 0.317 e. The predicted octanol–water partition coefficient (Wildman–Crippen LogP) is 0.373. The highest BCUT2D eigenvalue weighted by Gasteiger charge is 2.12. The van der Waals surface area contributed by atoms with Gasteiger partial charge in [0.05, 0.1) is 24.3 Å².